The van der Waals surface area contributed by atoms with Gasteiger partial charge in [0.1, 0.15) is 6.54 Å². The zero-order valence-electron chi connectivity index (χ0n) is 17.2. The Hall–Kier alpha value is -2.40. The number of hydrogen-bond donors (Lipinski definition) is 0. The predicted molar refractivity (Wildman–Crippen MR) is 105 cm³/mol. The monoisotopic (exact) mass is 447 g/mol. The van der Waals surface area contributed by atoms with Gasteiger partial charge in [0.15, 0.2) is 5.78 Å². The van der Waals surface area contributed by atoms with Crippen molar-refractivity contribution in [2.24, 2.45) is 0 Å². The molecule has 30 heavy (non-hydrogen) atoms. The summed E-state index contributed by atoms with van der Waals surface area (Å²) >= 11 is 0. The molecule has 0 aliphatic rings. The number of alkyl halides is 3. The molecule has 0 unspecified atom stereocenters. The molecule has 7 nitrogen and oxygen atoms in total. The van der Waals surface area contributed by atoms with Crippen LogP contribution in [0.2, 0.25) is 0 Å². The third-order valence-corrected chi connectivity index (χ3v) is 6.86. The highest BCUT2D eigenvalue weighted by Crippen LogP contribution is 2.23. The molecule has 0 atom stereocenters. The lowest BCUT2D eigenvalue weighted by Crippen LogP contribution is -2.32. The highest BCUT2D eigenvalue weighted by atomic mass is 32.2. The molecule has 2 aromatic heterocycles. The molecular formula is C19H24F3N3O4S. The first kappa shape index (κ1) is 23.9. The molecule has 0 spiro atoms. The summed E-state index contributed by atoms with van der Waals surface area (Å²) in [5, 5.41) is 0. The number of halogens is 3. The van der Waals surface area contributed by atoms with Crippen molar-refractivity contribution in [1.29, 1.82) is 0 Å². The van der Waals surface area contributed by atoms with E-state index in [-0.39, 0.29) is 34.9 Å². The van der Waals surface area contributed by atoms with Crippen LogP contribution in [0.25, 0.3) is 0 Å². The lowest BCUT2D eigenvalue weighted by molar-refractivity contribution is -0.141. The molecule has 0 radical (unpaired) electrons. The summed E-state index contributed by atoms with van der Waals surface area (Å²) in [7, 11) is -3.84. The second-order valence-corrected chi connectivity index (χ2v) is 8.77. The molecule has 0 N–H and O–H groups in total. The van der Waals surface area contributed by atoms with Gasteiger partial charge in [0, 0.05) is 42.3 Å². The van der Waals surface area contributed by atoms with E-state index in [9.17, 15) is 31.2 Å². The van der Waals surface area contributed by atoms with Crippen LogP contribution in [0.4, 0.5) is 13.2 Å². The SMILES string of the molecule is CCN(CC)S(=O)(=O)c1ccc(=O)n(CC(=O)c2cc(C)n(CC(F)(F)F)c2C)c1. The Morgan fingerprint density at radius 3 is 2.27 bits per heavy atom. The number of carbonyl (C=O) groups is 1. The minimum atomic E-state index is -4.45. The van der Waals surface area contributed by atoms with E-state index in [2.05, 4.69) is 0 Å². The first-order valence-corrected chi connectivity index (χ1v) is 10.7. The van der Waals surface area contributed by atoms with Gasteiger partial charge >= 0.3 is 6.18 Å². The Bertz CT molecular complexity index is 1100. The number of aromatic nitrogens is 2. The van der Waals surface area contributed by atoms with Gasteiger partial charge < -0.3 is 9.13 Å². The standard InChI is InChI=1S/C19H24F3N3O4S/c1-5-24(6-2)30(28,29)15-7-8-18(27)23(10-15)11-17(26)16-9-13(3)25(14(16)4)12-19(20,21)22/h7-10H,5-6,11-12H2,1-4H3. The molecular weight excluding hydrogens is 423 g/mol. The lowest BCUT2D eigenvalue weighted by atomic mass is 10.1. The van der Waals surface area contributed by atoms with Crippen molar-refractivity contribution >= 4 is 15.8 Å². The third-order valence-electron chi connectivity index (χ3n) is 4.82. The summed E-state index contributed by atoms with van der Waals surface area (Å²) in [4.78, 5) is 24.7. The van der Waals surface area contributed by atoms with E-state index in [1.807, 2.05) is 0 Å². The van der Waals surface area contributed by atoms with Crippen molar-refractivity contribution in [3.8, 4) is 0 Å². The predicted octanol–water partition coefficient (Wildman–Crippen LogP) is 2.74. The summed E-state index contributed by atoms with van der Waals surface area (Å²) in [6, 6.07) is 3.56. The second kappa shape index (κ2) is 8.76. The van der Waals surface area contributed by atoms with Gasteiger partial charge in [0.25, 0.3) is 5.56 Å². The highest BCUT2D eigenvalue weighted by molar-refractivity contribution is 7.89. The second-order valence-electron chi connectivity index (χ2n) is 6.83. The van der Waals surface area contributed by atoms with Crippen molar-refractivity contribution in [3.05, 3.63) is 51.7 Å². The fourth-order valence-corrected chi connectivity index (χ4v) is 4.72. The van der Waals surface area contributed by atoms with Crippen LogP contribution in [0.15, 0.2) is 34.1 Å². The number of aryl methyl sites for hydroxylation is 1. The Morgan fingerprint density at radius 2 is 1.73 bits per heavy atom. The maximum absolute atomic E-state index is 12.8. The van der Waals surface area contributed by atoms with E-state index in [0.717, 1.165) is 21.4 Å². The molecule has 0 saturated carbocycles. The molecule has 11 heteroatoms. The van der Waals surface area contributed by atoms with E-state index in [0.29, 0.717) is 0 Å². The van der Waals surface area contributed by atoms with Crippen LogP contribution in [0, 0.1) is 13.8 Å². The minimum Gasteiger partial charge on any atom is -0.339 e. The molecule has 0 aliphatic carbocycles. The normalized spacial score (nSPS) is 12.5. The molecule has 0 aromatic carbocycles. The van der Waals surface area contributed by atoms with Crippen molar-refractivity contribution in [2.75, 3.05) is 13.1 Å². The largest absolute Gasteiger partial charge is 0.406 e. The molecule has 2 rings (SSSR count). The van der Waals surface area contributed by atoms with Crippen LogP contribution in [0.5, 0.6) is 0 Å². The highest BCUT2D eigenvalue weighted by Gasteiger charge is 2.30. The molecule has 2 aromatic rings. The van der Waals surface area contributed by atoms with Crippen molar-refractivity contribution < 1.29 is 26.4 Å². The number of ketones is 1. The number of pyridine rings is 1. The van der Waals surface area contributed by atoms with Crippen molar-refractivity contribution in [1.82, 2.24) is 13.4 Å². The number of sulfonamides is 1. The van der Waals surface area contributed by atoms with Crippen LogP contribution in [0.3, 0.4) is 0 Å². The zero-order valence-corrected chi connectivity index (χ0v) is 18.0. The van der Waals surface area contributed by atoms with Crippen LogP contribution >= 0.6 is 0 Å². The third kappa shape index (κ3) is 5.01. The van der Waals surface area contributed by atoms with Gasteiger partial charge in [0.05, 0.1) is 11.4 Å². The van der Waals surface area contributed by atoms with Crippen LogP contribution < -0.4 is 5.56 Å². The Kier molecular flexibility index (Phi) is 6.97. The van der Waals surface area contributed by atoms with Crippen LogP contribution in [0.1, 0.15) is 35.6 Å². The summed E-state index contributed by atoms with van der Waals surface area (Å²) in [6.45, 7) is 4.97. The number of Topliss-reactive ketones (excluding diaryl/α,β-unsaturated/α-hetero) is 1. The molecule has 0 aliphatic heterocycles. The summed E-state index contributed by atoms with van der Waals surface area (Å²) in [5.74, 6) is -0.587. The van der Waals surface area contributed by atoms with E-state index in [4.69, 9.17) is 0 Å². The number of hydrogen-bond acceptors (Lipinski definition) is 4. The summed E-state index contributed by atoms with van der Waals surface area (Å²) in [6.07, 6.45) is -3.36. The molecule has 166 valence electrons. The lowest BCUT2D eigenvalue weighted by Gasteiger charge is -2.19. The summed E-state index contributed by atoms with van der Waals surface area (Å²) < 4.78 is 66.8. The number of rotatable bonds is 8. The molecule has 0 saturated heterocycles. The average molecular weight is 447 g/mol. The maximum Gasteiger partial charge on any atom is 0.406 e. The van der Waals surface area contributed by atoms with Gasteiger partial charge in [-0.25, -0.2) is 8.42 Å². The number of carbonyl (C=O) groups excluding carboxylic acids is 1. The van der Waals surface area contributed by atoms with Gasteiger partial charge in [-0.05, 0) is 26.0 Å². The minimum absolute atomic E-state index is 0.0562. The maximum atomic E-state index is 12.8. The molecule has 2 heterocycles. The van der Waals surface area contributed by atoms with Gasteiger partial charge in [-0.3, -0.25) is 9.59 Å². The fourth-order valence-electron chi connectivity index (χ4n) is 3.24. The fraction of sp³-hybridized carbons (Fsp3) is 0.474. The Labute approximate surface area is 172 Å². The van der Waals surface area contributed by atoms with Crippen molar-refractivity contribution in [2.45, 2.75) is 51.9 Å². The van der Waals surface area contributed by atoms with E-state index >= 15 is 0 Å². The Balaban J connectivity index is 2.39. The zero-order chi connectivity index (χ0) is 22.9. The quantitative estimate of drug-likeness (QED) is 0.583. The van der Waals surface area contributed by atoms with Gasteiger partial charge in [-0.15, -0.1) is 0 Å². The molecule has 0 amide bonds. The smallest absolute Gasteiger partial charge is 0.339 e. The topological polar surface area (TPSA) is 81.4 Å². The van der Waals surface area contributed by atoms with E-state index < -0.39 is 40.6 Å². The summed E-state index contributed by atoms with van der Waals surface area (Å²) in [5.41, 5.74) is -0.139. The van der Waals surface area contributed by atoms with Gasteiger partial charge in [-0.2, -0.15) is 17.5 Å². The Morgan fingerprint density at radius 1 is 1.13 bits per heavy atom. The van der Waals surface area contributed by atoms with Crippen LogP contribution in [-0.2, 0) is 23.1 Å². The van der Waals surface area contributed by atoms with Gasteiger partial charge in [-0.1, -0.05) is 13.8 Å². The first-order chi connectivity index (χ1) is 13.8. The van der Waals surface area contributed by atoms with Crippen LogP contribution in [-0.4, -0.2) is 46.9 Å². The molecule has 0 fully saturated rings. The molecule has 0 bridgehead atoms. The average Bonchev–Trinajstić information content (AvgIpc) is 2.91. The van der Waals surface area contributed by atoms with E-state index in [1.165, 1.54) is 30.3 Å². The first-order valence-electron chi connectivity index (χ1n) is 9.29. The van der Waals surface area contributed by atoms with Gasteiger partial charge in [0.2, 0.25) is 10.0 Å². The number of nitrogens with zero attached hydrogens (tertiary/aromatic N) is 3. The van der Waals surface area contributed by atoms with Crippen molar-refractivity contribution in [3.63, 3.8) is 0 Å². The van der Waals surface area contributed by atoms with E-state index in [1.54, 1.807) is 13.8 Å².